The minimum atomic E-state index is -0.803. The maximum Gasteiger partial charge on any atom is 0.306 e. The molecule has 0 spiro atoms. The molecule has 0 aromatic rings. The molecule has 0 amide bonds. The van der Waals surface area contributed by atoms with Crippen LogP contribution < -0.4 is 0 Å². The highest BCUT2D eigenvalue weighted by atomic mass is 16.6. The third-order valence-electron chi connectivity index (χ3n) is 14.4. The van der Waals surface area contributed by atoms with Crippen molar-refractivity contribution in [1.82, 2.24) is 0 Å². The van der Waals surface area contributed by atoms with Gasteiger partial charge >= 0.3 is 17.9 Å². The van der Waals surface area contributed by atoms with Crippen LogP contribution in [0.4, 0.5) is 0 Å². The van der Waals surface area contributed by atoms with E-state index in [0.717, 1.165) is 103 Å². The molecule has 6 heteroatoms. The maximum absolute atomic E-state index is 12.8. The Bertz CT molecular complexity index is 1470. The SMILES string of the molecule is CC/C=C\C/C=C\C/C=C\C/C=C\C/C=C\C/C=C\C/C=C\CCCC(=O)OC(COC(=O)CCCCCCC)COC(=O)CCCCCCCCCCCCCCCCCCCCCCCCCCCCCCCCC. The largest absolute Gasteiger partial charge is 0.462 e. The summed E-state index contributed by atoms with van der Waals surface area (Å²) in [6, 6.07) is 0. The van der Waals surface area contributed by atoms with Gasteiger partial charge in [-0.25, -0.2) is 0 Å². The lowest BCUT2D eigenvalue weighted by Gasteiger charge is -2.18. The van der Waals surface area contributed by atoms with Gasteiger partial charge in [0.1, 0.15) is 13.2 Å². The Kier molecular flexibility index (Phi) is 62.2. The van der Waals surface area contributed by atoms with Crippen molar-refractivity contribution < 1.29 is 28.6 Å². The summed E-state index contributed by atoms with van der Waals surface area (Å²) < 4.78 is 16.7. The summed E-state index contributed by atoms with van der Waals surface area (Å²) in [7, 11) is 0. The second-order valence-corrected chi connectivity index (χ2v) is 22.0. The van der Waals surface area contributed by atoms with Crippen LogP contribution in [0.1, 0.15) is 329 Å². The Hall–Kier alpha value is -3.41. The molecular weight excluding hydrogens is 949 g/mol. The number of hydrogen-bond donors (Lipinski definition) is 0. The van der Waals surface area contributed by atoms with E-state index in [1.807, 2.05) is 0 Å². The van der Waals surface area contributed by atoms with Crippen molar-refractivity contribution >= 4 is 17.9 Å². The Morgan fingerprint density at radius 2 is 0.506 bits per heavy atom. The first kappa shape index (κ1) is 73.6. The van der Waals surface area contributed by atoms with E-state index in [0.29, 0.717) is 19.3 Å². The van der Waals surface area contributed by atoms with Gasteiger partial charge in [-0.05, 0) is 70.6 Å². The Balaban J connectivity index is 4.03. The van der Waals surface area contributed by atoms with Crippen LogP contribution in [0.2, 0.25) is 0 Å². The number of carbonyl (C=O) groups excluding carboxylic acids is 3. The molecule has 0 fully saturated rings. The highest BCUT2D eigenvalue weighted by molar-refractivity contribution is 5.71. The molecule has 0 radical (unpaired) electrons. The van der Waals surface area contributed by atoms with E-state index in [1.54, 1.807) is 0 Å². The van der Waals surface area contributed by atoms with Gasteiger partial charge in [-0.15, -0.1) is 0 Å². The summed E-state index contributed by atoms with van der Waals surface area (Å²) in [5.74, 6) is -0.962. The molecule has 0 saturated heterocycles. The van der Waals surface area contributed by atoms with Crippen molar-refractivity contribution in [1.29, 1.82) is 0 Å². The molecule has 0 aromatic heterocycles. The summed E-state index contributed by atoms with van der Waals surface area (Å²) in [4.78, 5) is 37.9. The van der Waals surface area contributed by atoms with Crippen LogP contribution in [0.5, 0.6) is 0 Å². The molecule has 1 atom stereocenters. The minimum absolute atomic E-state index is 0.0974. The molecule has 0 rings (SSSR count). The van der Waals surface area contributed by atoms with E-state index >= 15 is 0 Å². The van der Waals surface area contributed by atoms with Gasteiger partial charge in [0.25, 0.3) is 0 Å². The zero-order chi connectivity index (χ0) is 55.7. The van der Waals surface area contributed by atoms with Crippen molar-refractivity contribution in [3.63, 3.8) is 0 Å². The molecule has 0 aliphatic rings. The van der Waals surface area contributed by atoms with Crippen molar-refractivity contribution in [3.8, 4) is 0 Å². The van der Waals surface area contributed by atoms with Gasteiger partial charge < -0.3 is 14.2 Å². The summed E-state index contributed by atoms with van der Waals surface area (Å²) in [5, 5.41) is 0. The number of esters is 3. The molecule has 0 saturated carbocycles. The standard InChI is InChI=1S/C71H124O6/c1-4-7-10-13-15-17-19-21-23-25-27-29-31-32-33-34-35-36-37-38-40-41-43-45-47-49-51-53-55-58-61-64-70(73)76-67-68(66-75-69(72)63-60-57-12-9-6-3)77-71(74)65-62-59-56-54-52-50-48-46-44-42-39-30-28-26-24-22-20-18-16-14-11-8-5-2/h8,11,16,18,22,24,28,30,42,44,48,50,54,56,68H,4-7,9-10,12-15,17,19-21,23,25-27,29,31-41,43,45-47,49,51-53,55,57-67H2,1-3H3/b11-8-,18-16-,24-22-,30-28-,44-42-,50-48-,56-54-. The number of ether oxygens (including phenoxy) is 3. The Labute approximate surface area is 477 Å². The van der Waals surface area contributed by atoms with Crippen molar-refractivity contribution in [2.45, 2.75) is 335 Å². The van der Waals surface area contributed by atoms with Gasteiger partial charge in [-0.1, -0.05) is 324 Å². The van der Waals surface area contributed by atoms with Gasteiger partial charge in [0.15, 0.2) is 6.10 Å². The molecule has 77 heavy (non-hydrogen) atoms. The van der Waals surface area contributed by atoms with Crippen LogP contribution >= 0.6 is 0 Å². The molecule has 6 nitrogen and oxygen atoms in total. The summed E-state index contributed by atoms with van der Waals surface area (Å²) in [6.45, 7) is 6.43. The smallest absolute Gasteiger partial charge is 0.306 e. The molecule has 444 valence electrons. The van der Waals surface area contributed by atoms with E-state index < -0.39 is 6.10 Å². The highest BCUT2D eigenvalue weighted by Gasteiger charge is 2.19. The van der Waals surface area contributed by atoms with E-state index in [-0.39, 0.29) is 37.5 Å². The number of unbranched alkanes of at least 4 members (excludes halogenated alkanes) is 35. The van der Waals surface area contributed by atoms with Crippen LogP contribution in [0.15, 0.2) is 85.1 Å². The highest BCUT2D eigenvalue weighted by Crippen LogP contribution is 2.18. The molecular formula is C71H124O6. The van der Waals surface area contributed by atoms with E-state index in [9.17, 15) is 14.4 Å². The second kappa shape index (κ2) is 65.1. The zero-order valence-electron chi connectivity index (χ0n) is 51.0. The van der Waals surface area contributed by atoms with Crippen LogP contribution in [0.25, 0.3) is 0 Å². The fourth-order valence-corrected chi connectivity index (χ4v) is 9.49. The number of carbonyl (C=O) groups is 3. The van der Waals surface area contributed by atoms with Crippen LogP contribution in [-0.2, 0) is 28.6 Å². The third-order valence-corrected chi connectivity index (χ3v) is 14.4. The summed E-state index contributed by atoms with van der Waals surface area (Å²) >= 11 is 0. The van der Waals surface area contributed by atoms with Crippen molar-refractivity contribution in [3.05, 3.63) is 85.1 Å². The monoisotopic (exact) mass is 1070 g/mol. The molecule has 0 N–H and O–H groups in total. The first-order valence-electron chi connectivity index (χ1n) is 33.1. The average molecular weight is 1070 g/mol. The maximum atomic E-state index is 12.8. The molecule has 0 aliphatic heterocycles. The topological polar surface area (TPSA) is 78.9 Å². The van der Waals surface area contributed by atoms with Crippen LogP contribution in [-0.4, -0.2) is 37.2 Å². The third kappa shape index (κ3) is 63.3. The lowest BCUT2D eigenvalue weighted by molar-refractivity contribution is -0.167. The molecule has 1 unspecified atom stereocenters. The summed E-state index contributed by atoms with van der Waals surface area (Å²) in [6.07, 6.45) is 86.8. The first-order valence-corrected chi connectivity index (χ1v) is 33.1. The van der Waals surface area contributed by atoms with E-state index in [2.05, 4.69) is 106 Å². The predicted molar refractivity (Wildman–Crippen MR) is 334 cm³/mol. The van der Waals surface area contributed by atoms with E-state index in [1.165, 1.54) is 180 Å². The second-order valence-electron chi connectivity index (χ2n) is 22.0. The molecule has 0 aliphatic carbocycles. The first-order chi connectivity index (χ1) is 38.0. The summed E-state index contributed by atoms with van der Waals surface area (Å²) in [5.41, 5.74) is 0. The zero-order valence-corrected chi connectivity index (χ0v) is 51.0. The van der Waals surface area contributed by atoms with Gasteiger partial charge in [0.2, 0.25) is 0 Å². The minimum Gasteiger partial charge on any atom is -0.462 e. The van der Waals surface area contributed by atoms with Crippen LogP contribution in [0, 0.1) is 0 Å². The number of rotatable bonds is 60. The average Bonchev–Trinajstić information content (AvgIpc) is 3.43. The van der Waals surface area contributed by atoms with E-state index in [4.69, 9.17) is 14.2 Å². The fourth-order valence-electron chi connectivity index (χ4n) is 9.49. The quantitative estimate of drug-likeness (QED) is 0.0261. The fraction of sp³-hybridized carbons (Fsp3) is 0.761. The Morgan fingerprint density at radius 1 is 0.273 bits per heavy atom. The van der Waals surface area contributed by atoms with Crippen LogP contribution in [0.3, 0.4) is 0 Å². The normalized spacial score (nSPS) is 12.6. The Morgan fingerprint density at radius 3 is 0.779 bits per heavy atom. The van der Waals surface area contributed by atoms with Gasteiger partial charge in [0.05, 0.1) is 0 Å². The number of hydrogen-bond acceptors (Lipinski definition) is 6. The van der Waals surface area contributed by atoms with Gasteiger partial charge in [0, 0.05) is 19.3 Å². The number of allylic oxidation sites excluding steroid dienone is 14. The van der Waals surface area contributed by atoms with Crippen molar-refractivity contribution in [2.75, 3.05) is 13.2 Å². The van der Waals surface area contributed by atoms with Crippen molar-refractivity contribution in [2.24, 2.45) is 0 Å². The predicted octanol–water partition coefficient (Wildman–Crippen LogP) is 22.7. The van der Waals surface area contributed by atoms with Gasteiger partial charge in [-0.3, -0.25) is 14.4 Å². The molecule has 0 aromatic carbocycles. The lowest BCUT2D eigenvalue weighted by Crippen LogP contribution is -2.30. The van der Waals surface area contributed by atoms with Gasteiger partial charge in [-0.2, -0.15) is 0 Å². The lowest BCUT2D eigenvalue weighted by atomic mass is 10.0. The molecule has 0 bridgehead atoms. The molecule has 0 heterocycles.